The summed E-state index contributed by atoms with van der Waals surface area (Å²) in [5.74, 6) is 0.894. The van der Waals surface area contributed by atoms with E-state index in [0.717, 1.165) is 0 Å². The Balaban J connectivity index is 2.04. The molecule has 4 nitrogen and oxygen atoms in total. The molecule has 0 bridgehead atoms. The van der Waals surface area contributed by atoms with Crippen LogP contribution in [0, 0.1) is 5.92 Å². The molecular formula is C11H20N2O2. The average molecular weight is 212 g/mol. The van der Waals surface area contributed by atoms with Crippen molar-refractivity contribution in [2.75, 3.05) is 20.2 Å². The molecule has 1 saturated carbocycles. The van der Waals surface area contributed by atoms with Crippen LogP contribution in [0.5, 0.6) is 0 Å². The number of aliphatic hydroxyl groups is 1. The summed E-state index contributed by atoms with van der Waals surface area (Å²) in [5, 5.41) is 12.7. The molecule has 0 spiro atoms. The first kappa shape index (κ1) is 10.9. The molecule has 86 valence electrons. The van der Waals surface area contributed by atoms with Gasteiger partial charge in [-0.15, -0.1) is 0 Å². The van der Waals surface area contributed by atoms with Crippen LogP contribution < -0.4 is 0 Å². The Morgan fingerprint density at radius 1 is 1.53 bits per heavy atom. The van der Waals surface area contributed by atoms with Crippen molar-refractivity contribution >= 4 is 5.91 Å². The minimum atomic E-state index is 0.0343. The fourth-order valence-corrected chi connectivity index (χ4v) is 2.56. The summed E-state index contributed by atoms with van der Waals surface area (Å²) < 4.78 is 0. The van der Waals surface area contributed by atoms with Gasteiger partial charge >= 0.3 is 0 Å². The van der Waals surface area contributed by atoms with Crippen LogP contribution in [-0.2, 0) is 4.79 Å². The molecule has 1 atom stereocenters. The summed E-state index contributed by atoms with van der Waals surface area (Å²) in [5.41, 5.74) is 0.0343. The minimum Gasteiger partial charge on any atom is -0.396 e. The topological polar surface area (TPSA) is 43.8 Å². The van der Waals surface area contributed by atoms with Gasteiger partial charge in [0.15, 0.2) is 0 Å². The highest BCUT2D eigenvalue weighted by atomic mass is 16.3. The van der Waals surface area contributed by atoms with Gasteiger partial charge in [0.25, 0.3) is 0 Å². The van der Waals surface area contributed by atoms with Crippen LogP contribution in [0.1, 0.15) is 32.6 Å². The molecule has 15 heavy (non-hydrogen) atoms. The first-order valence-electron chi connectivity index (χ1n) is 5.74. The molecule has 0 aromatic carbocycles. The first-order chi connectivity index (χ1) is 7.09. The Morgan fingerprint density at radius 2 is 2.20 bits per heavy atom. The van der Waals surface area contributed by atoms with Gasteiger partial charge in [-0.3, -0.25) is 9.80 Å². The second-order valence-corrected chi connectivity index (χ2v) is 4.93. The number of hydrogen-bond acceptors (Lipinski definition) is 3. The Hall–Kier alpha value is -0.610. The zero-order valence-corrected chi connectivity index (χ0v) is 9.57. The van der Waals surface area contributed by atoms with Gasteiger partial charge in [-0.2, -0.15) is 0 Å². The van der Waals surface area contributed by atoms with Gasteiger partial charge in [-0.05, 0) is 32.1 Å². The lowest BCUT2D eigenvalue weighted by Gasteiger charge is -2.35. The standard InChI is InChI=1S/C11H20N2O2/c1-11(9-4-5-9)8-10(15)13(12(11)2)6-3-7-14/h9,14H,3-8H2,1-2H3. The van der Waals surface area contributed by atoms with Crippen molar-refractivity contribution in [3.05, 3.63) is 0 Å². The number of carbonyl (C=O) groups is 1. The van der Waals surface area contributed by atoms with E-state index < -0.39 is 0 Å². The summed E-state index contributed by atoms with van der Waals surface area (Å²) in [7, 11) is 2.00. The van der Waals surface area contributed by atoms with Crippen molar-refractivity contribution in [3.63, 3.8) is 0 Å². The zero-order valence-electron chi connectivity index (χ0n) is 9.57. The molecule has 1 aliphatic heterocycles. The van der Waals surface area contributed by atoms with Gasteiger partial charge < -0.3 is 5.11 Å². The van der Waals surface area contributed by atoms with Gasteiger partial charge in [-0.1, -0.05) is 0 Å². The van der Waals surface area contributed by atoms with E-state index in [2.05, 4.69) is 11.9 Å². The molecule has 1 amide bonds. The van der Waals surface area contributed by atoms with Gasteiger partial charge in [0.2, 0.25) is 5.91 Å². The third kappa shape index (κ3) is 1.76. The van der Waals surface area contributed by atoms with Crippen LogP contribution >= 0.6 is 0 Å². The molecule has 1 heterocycles. The fourth-order valence-electron chi connectivity index (χ4n) is 2.56. The zero-order chi connectivity index (χ0) is 11.1. The molecular weight excluding hydrogens is 192 g/mol. The van der Waals surface area contributed by atoms with Gasteiger partial charge in [0.1, 0.15) is 0 Å². The number of hydrazine groups is 1. The Bertz CT molecular complexity index is 265. The summed E-state index contributed by atoms with van der Waals surface area (Å²) in [6, 6.07) is 0. The molecule has 0 aromatic heterocycles. The number of rotatable bonds is 4. The number of aliphatic hydroxyl groups excluding tert-OH is 1. The Kier molecular flexibility index (Phi) is 2.73. The lowest BCUT2D eigenvalue weighted by atomic mass is 9.93. The van der Waals surface area contributed by atoms with Gasteiger partial charge in [0, 0.05) is 32.2 Å². The quantitative estimate of drug-likeness (QED) is 0.743. The van der Waals surface area contributed by atoms with Crippen LogP contribution in [-0.4, -0.2) is 46.8 Å². The largest absolute Gasteiger partial charge is 0.396 e. The number of hydrogen-bond donors (Lipinski definition) is 1. The van der Waals surface area contributed by atoms with Gasteiger partial charge in [-0.25, -0.2) is 5.01 Å². The average Bonchev–Trinajstić information content (AvgIpc) is 2.98. The van der Waals surface area contributed by atoms with E-state index in [0.29, 0.717) is 25.3 Å². The van der Waals surface area contributed by atoms with E-state index in [1.807, 2.05) is 7.05 Å². The first-order valence-corrected chi connectivity index (χ1v) is 5.74. The Labute approximate surface area is 90.8 Å². The maximum Gasteiger partial charge on any atom is 0.238 e. The molecule has 1 unspecified atom stereocenters. The second kappa shape index (κ2) is 3.76. The molecule has 2 fully saturated rings. The smallest absolute Gasteiger partial charge is 0.238 e. The van der Waals surface area contributed by atoms with Gasteiger partial charge in [0.05, 0.1) is 0 Å². The lowest BCUT2D eigenvalue weighted by Crippen LogP contribution is -2.47. The van der Waals surface area contributed by atoms with Crippen molar-refractivity contribution in [1.29, 1.82) is 0 Å². The molecule has 1 N–H and O–H groups in total. The molecule has 0 aromatic rings. The van der Waals surface area contributed by atoms with Crippen molar-refractivity contribution < 1.29 is 9.90 Å². The van der Waals surface area contributed by atoms with Crippen LogP contribution in [0.4, 0.5) is 0 Å². The third-order valence-corrected chi connectivity index (χ3v) is 3.88. The highest BCUT2D eigenvalue weighted by Gasteiger charge is 2.52. The number of amides is 1. The normalized spacial score (nSPS) is 32.7. The SMILES string of the molecule is CN1N(CCCO)C(=O)CC1(C)C1CC1. The summed E-state index contributed by atoms with van der Waals surface area (Å²) in [6.07, 6.45) is 3.81. The number of nitrogens with zero attached hydrogens (tertiary/aromatic N) is 2. The Morgan fingerprint density at radius 3 is 2.73 bits per heavy atom. The number of carbonyl (C=O) groups excluding carboxylic acids is 1. The van der Waals surface area contributed by atoms with Crippen molar-refractivity contribution in [2.45, 2.75) is 38.1 Å². The molecule has 2 aliphatic rings. The summed E-state index contributed by atoms with van der Waals surface area (Å²) in [4.78, 5) is 11.8. The van der Waals surface area contributed by atoms with E-state index in [1.165, 1.54) is 12.8 Å². The van der Waals surface area contributed by atoms with Crippen molar-refractivity contribution in [3.8, 4) is 0 Å². The van der Waals surface area contributed by atoms with E-state index in [1.54, 1.807) is 5.01 Å². The molecule has 4 heteroatoms. The van der Waals surface area contributed by atoms with Crippen LogP contribution in [0.25, 0.3) is 0 Å². The van der Waals surface area contributed by atoms with E-state index in [4.69, 9.17) is 5.11 Å². The van der Waals surface area contributed by atoms with E-state index in [9.17, 15) is 4.79 Å². The highest BCUT2D eigenvalue weighted by Crippen LogP contribution is 2.47. The third-order valence-electron chi connectivity index (χ3n) is 3.88. The van der Waals surface area contributed by atoms with E-state index >= 15 is 0 Å². The van der Waals surface area contributed by atoms with Crippen LogP contribution in [0.15, 0.2) is 0 Å². The highest BCUT2D eigenvalue weighted by molar-refractivity contribution is 5.79. The fraction of sp³-hybridized carbons (Fsp3) is 0.909. The molecule has 2 rings (SSSR count). The van der Waals surface area contributed by atoms with Crippen LogP contribution in [0.2, 0.25) is 0 Å². The predicted octanol–water partition coefficient (Wildman–Crippen LogP) is 0.617. The molecule has 0 radical (unpaired) electrons. The second-order valence-electron chi connectivity index (χ2n) is 4.93. The summed E-state index contributed by atoms with van der Waals surface area (Å²) in [6.45, 7) is 2.98. The minimum absolute atomic E-state index is 0.0343. The van der Waals surface area contributed by atoms with Crippen LogP contribution in [0.3, 0.4) is 0 Å². The summed E-state index contributed by atoms with van der Waals surface area (Å²) >= 11 is 0. The maximum atomic E-state index is 11.8. The monoisotopic (exact) mass is 212 g/mol. The van der Waals surface area contributed by atoms with E-state index in [-0.39, 0.29) is 18.1 Å². The lowest BCUT2D eigenvalue weighted by molar-refractivity contribution is -0.138. The van der Waals surface area contributed by atoms with Crippen molar-refractivity contribution in [2.24, 2.45) is 5.92 Å². The molecule has 1 saturated heterocycles. The van der Waals surface area contributed by atoms with Crippen molar-refractivity contribution in [1.82, 2.24) is 10.0 Å². The predicted molar refractivity (Wildman–Crippen MR) is 56.9 cm³/mol. The maximum absolute atomic E-state index is 11.8. The molecule has 1 aliphatic carbocycles.